The molecule has 120 valence electrons. The summed E-state index contributed by atoms with van der Waals surface area (Å²) in [4.78, 5) is 34.1. The molecule has 0 saturated heterocycles. The molecule has 0 aliphatic heterocycles. The quantitative estimate of drug-likeness (QED) is 0.606. The van der Waals surface area contributed by atoms with Crippen molar-refractivity contribution in [2.45, 2.75) is 19.4 Å². The third-order valence-electron chi connectivity index (χ3n) is 2.72. The number of carbonyl (C=O) groups excluding carboxylic acids is 3. The predicted octanol–water partition coefficient (Wildman–Crippen LogP) is 1.37. The molecular formula is C14H20N4O3S. The Morgan fingerprint density at radius 3 is 2.14 bits per heavy atom. The first-order chi connectivity index (χ1) is 10.4. The number of hydrogen-bond donors (Lipinski definition) is 4. The summed E-state index contributed by atoms with van der Waals surface area (Å²) in [6, 6.07) is 5.27. The number of thioether (sulfide) groups is 1. The molecular weight excluding hydrogens is 304 g/mol. The van der Waals surface area contributed by atoms with E-state index in [0.717, 1.165) is 5.75 Å². The number of anilines is 2. The Kier molecular flexibility index (Phi) is 7.24. The van der Waals surface area contributed by atoms with Crippen molar-refractivity contribution in [3.8, 4) is 0 Å². The van der Waals surface area contributed by atoms with Crippen LogP contribution in [0.2, 0.25) is 0 Å². The maximum atomic E-state index is 12.2. The van der Waals surface area contributed by atoms with Gasteiger partial charge in [0, 0.05) is 18.3 Å². The van der Waals surface area contributed by atoms with E-state index in [-0.39, 0.29) is 11.8 Å². The van der Waals surface area contributed by atoms with Crippen LogP contribution in [-0.2, 0) is 9.59 Å². The van der Waals surface area contributed by atoms with Gasteiger partial charge in [0.25, 0.3) is 0 Å². The van der Waals surface area contributed by atoms with Crippen LogP contribution in [-0.4, -0.2) is 35.9 Å². The number of carbonyl (C=O) groups is 3. The summed E-state index contributed by atoms with van der Waals surface area (Å²) in [7, 11) is 0. The highest BCUT2D eigenvalue weighted by Crippen LogP contribution is 2.14. The summed E-state index contributed by atoms with van der Waals surface area (Å²) in [5, 5.41) is 7.77. The highest BCUT2D eigenvalue weighted by atomic mass is 32.2. The molecule has 1 unspecified atom stereocenters. The number of primary amides is 1. The molecule has 0 aliphatic rings. The average Bonchev–Trinajstić information content (AvgIpc) is 2.44. The van der Waals surface area contributed by atoms with Crippen molar-refractivity contribution < 1.29 is 14.4 Å². The van der Waals surface area contributed by atoms with Gasteiger partial charge >= 0.3 is 6.03 Å². The third-order valence-corrected chi connectivity index (χ3v) is 3.36. The highest BCUT2D eigenvalue weighted by Gasteiger charge is 2.19. The fourth-order valence-corrected chi connectivity index (χ4v) is 2.22. The van der Waals surface area contributed by atoms with Crippen molar-refractivity contribution in [1.29, 1.82) is 0 Å². The Balaban J connectivity index is 2.67. The first-order valence-corrected chi connectivity index (χ1v) is 8.05. The van der Waals surface area contributed by atoms with Crippen molar-refractivity contribution >= 4 is 41.0 Å². The van der Waals surface area contributed by atoms with Crippen LogP contribution in [0.3, 0.4) is 0 Å². The molecule has 0 aromatic heterocycles. The molecule has 1 atom stereocenters. The summed E-state index contributed by atoms with van der Waals surface area (Å²) < 4.78 is 0. The second kappa shape index (κ2) is 8.93. The van der Waals surface area contributed by atoms with E-state index < -0.39 is 12.1 Å². The lowest BCUT2D eigenvalue weighted by atomic mass is 10.2. The van der Waals surface area contributed by atoms with Gasteiger partial charge in [0.05, 0.1) is 0 Å². The van der Waals surface area contributed by atoms with E-state index in [2.05, 4.69) is 16.0 Å². The molecule has 4 amide bonds. The number of hydrogen-bond acceptors (Lipinski definition) is 4. The monoisotopic (exact) mass is 324 g/mol. The first-order valence-electron chi connectivity index (χ1n) is 6.65. The third kappa shape index (κ3) is 6.49. The van der Waals surface area contributed by atoms with Gasteiger partial charge in [-0.2, -0.15) is 11.8 Å². The molecule has 0 radical (unpaired) electrons. The number of rotatable bonds is 7. The molecule has 0 spiro atoms. The molecule has 0 bridgehead atoms. The van der Waals surface area contributed by atoms with Crippen LogP contribution < -0.4 is 21.7 Å². The topological polar surface area (TPSA) is 113 Å². The molecule has 1 aromatic rings. The average molecular weight is 324 g/mol. The smallest absolute Gasteiger partial charge is 0.312 e. The van der Waals surface area contributed by atoms with E-state index in [4.69, 9.17) is 5.73 Å². The summed E-state index contributed by atoms with van der Waals surface area (Å²) >= 11 is 1.58. The van der Waals surface area contributed by atoms with Gasteiger partial charge in [-0.05, 0) is 42.7 Å². The molecule has 1 aromatic carbocycles. The Morgan fingerprint density at radius 1 is 1.14 bits per heavy atom. The van der Waals surface area contributed by atoms with E-state index in [9.17, 15) is 14.4 Å². The van der Waals surface area contributed by atoms with Crippen LogP contribution in [0.25, 0.3) is 0 Å². The molecule has 8 heteroatoms. The summed E-state index contributed by atoms with van der Waals surface area (Å²) in [5.74, 6) is 0.222. The number of nitrogens with two attached hydrogens (primary N) is 1. The SMILES string of the molecule is CSCCC(NC(N)=O)C(=O)Nc1ccc(NC(C)=O)cc1. The van der Waals surface area contributed by atoms with Crippen LogP contribution in [0.15, 0.2) is 24.3 Å². The Bertz CT molecular complexity index is 533. The van der Waals surface area contributed by atoms with E-state index in [1.807, 2.05) is 6.26 Å². The van der Waals surface area contributed by atoms with Crippen molar-refractivity contribution in [2.75, 3.05) is 22.6 Å². The molecule has 7 nitrogen and oxygen atoms in total. The second-order valence-electron chi connectivity index (χ2n) is 4.59. The van der Waals surface area contributed by atoms with Crippen LogP contribution in [0.1, 0.15) is 13.3 Å². The lowest BCUT2D eigenvalue weighted by Crippen LogP contribution is -2.46. The Hall–Kier alpha value is -2.22. The van der Waals surface area contributed by atoms with Crippen LogP contribution >= 0.6 is 11.8 Å². The van der Waals surface area contributed by atoms with E-state index in [1.165, 1.54) is 6.92 Å². The summed E-state index contributed by atoms with van der Waals surface area (Å²) in [6.45, 7) is 1.42. The van der Waals surface area contributed by atoms with Gasteiger partial charge in [-0.3, -0.25) is 9.59 Å². The zero-order chi connectivity index (χ0) is 16.5. The van der Waals surface area contributed by atoms with Gasteiger partial charge in [-0.1, -0.05) is 0 Å². The van der Waals surface area contributed by atoms with Crippen molar-refractivity contribution in [1.82, 2.24) is 5.32 Å². The van der Waals surface area contributed by atoms with Gasteiger partial charge in [0.2, 0.25) is 11.8 Å². The minimum atomic E-state index is -0.734. The first kappa shape index (κ1) is 17.8. The van der Waals surface area contributed by atoms with Crippen molar-refractivity contribution in [3.05, 3.63) is 24.3 Å². The zero-order valence-corrected chi connectivity index (χ0v) is 13.3. The van der Waals surface area contributed by atoms with Gasteiger partial charge in [-0.15, -0.1) is 0 Å². The zero-order valence-electron chi connectivity index (χ0n) is 12.5. The largest absolute Gasteiger partial charge is 0.352 e. The molecule has 0 aliphatic carbocycles. The standard InChI is InChI=1S/C14H20N4O3S/c1-9(19)16-10-3-5-11(6-4-10)17-13(20)12(7-8-22-2)18-14(15)21/h3-6,12H,7-8H2,1-2H3,(H,16,19)(H,17,20)(H3,15,18,21). The van der Waals surface area contributed by atoms with E-state index >= 15 is 0 Å². The predicted molar refractivity (Wildman–Crippen MR) is 88.9 cm³/mol. The minimum absolute atomic E-state index is 0.167. The number of urea groups is 1. The van der Waals surface area contributed by atoms with Crippen molar-refractivity contribution in [2.24, 2.45) is 5.73 Å². The second-order valence-corrected chi connectivity index (χ2v) is 5.58. The molecule has 22 heavy (non-hydrogen) atoms. The molecule has 5 N–H and O–H groups in total. The normalized spacial score (nSPS) is 11.4. The maximum Gasteiger partial charge on any atom is 0.312 e. The molecule has 0 fully saturated rings. The van der Waals surface area contributed by atoms with Gasteiger partial charge in [-0.25, -0.2) is 4.79 Å². The van der Waals surface area contributed by atoms with Crippen molar-refractivity contribution in [3.63, 3.8) is 0 Å². The Morgan fingerprint density at radius 2 is 1.68 bits per heavy atom. The number of benzene rings is 1. The molecule has 1 rings (SSSR count). The summed E-state index contributed by atoms with van der Waals surface area (Å²) in [6.07, 6.45) is 2.40. The molecule has 0 heterocycles. The summed E-state index contributed by atoms with van der Waals surface area (Å²) in [5.41, 5.74) is 6.29. The Labute approximate surface area is 133 Å². The van der Waals surface area contributed by atoms with Crippen LogP contribution in [0.5, 0.6) is 0 Å². The van der Waals surface area contributed by atoms with Crippen LogP contribution in [0.4, 0.5) is 16.2 Å². The highest BCUT2D eigenvalue weighted by molar-refractivity contribution is 7.98. The van der Waals surface area contributed by atoms with Gasteiger partial charge < -0.3 is 21.7 Å². The fourth-order valence-electron chi connectivity index (χ4n) is 1.75. The van der Waals surface area contributed by atoms with E-state index in [1.54, 1.807) is 36.0 Å². The van der Waals surface area contributed by atoms with E-state index in [0.29, 0.717) is 17.8 Å². The van der Waals surface area contributed by atoms with Gasteiger partial charge in [0.15, 0.2) is 0 Å². The fraction of sp³-hybridized carbons (Fsp3) is 0.357. The lowest BCUT2D eigenvalue weighted by Gasteiger charge is -2.17. The lowest BCUT2D eigenvalue weighted by molar-refractivity contribution is -0.118. The molecule has 0 saturated carbocycles. The number of amides is 4. The van der Waals surface area contributed by atoms with Gasteiger partial charge in [0.1, 0.15) is 6.04 Å². The number of nitrogens with one attached hydrogen (secondary N) is 3. The maximum absolute atomic E-state index is 12.2. The minimum Gasteiger partial charge on any atom is -0.352 e. The van der Waals surface area contributed by atoms with Crippen LogP contribution in [0, 0.1) is 0 Å².